The van der Waals surface area contributed by atoms with Crippen LogP contribution in [0.1, 0.15) is 44.7 Å². The number of rotatable bonds is 10. The normalized spacial score (nSPS) is 12.6. The zero-order valence-corrected chi connectivity index (χ0v) is 22.3. The summed E-state index contributed by atoms with van der Waals surface area (Å²) < 4.78 is 0. The zero-order chi connectivity index (χ0) is 26.3. The second kappa shape index (κ2) is 15.4. The largest absolute Gasteiger partial charge is 0.335 e. The lowest BCUT2D eigenvalue weighted by Gasteiger charge is -2.21. The number of anilines is 1. The first kappa shape index (κ1) is 27.9. The van der Waals surface area contributed by atoms with Crippen molar-refractivity contribution in [1.82, 2.24) is 15.6 Å². The fraction of sp³-hybridized carbons (Fsp3) is 0.312. The van der Waals surface area contributed by atoms with Gasteiger partial charge in [-0.1, -0.05) is 98.8 Å². The molecule has 5 heteroatoms. The molecule has 0 radical (unpaired) electrons. The van der Waals surface area contributed by atoms with Crippen LogP contribution in [-0.4, -0.2) is 29.6 Å². The minimum absolute atomic E-state index is 0.0347. The highest BCUT2D eigenvalue weighted by Crippen LogP contribution is 2.10. The monoisotopic (exact) mass is 496 g/mol. The summed E-state index contributed by atoms with van der Waals surface area (Å²) in [5.74, 6) is 0. The number of hydrogen-bond donors (Lipinski definition) is 3. The summed E-state index contributed by atoms with van der Waals surface area (Å²) in [6, 6.07) is 23.2. The molecule has 1 aliphatic carbocycles. The summed E-state index contributed by atoms with van der Waals surface area (Å²) >= 11 is 0. The van der Waals surface area contributed by atoms with Crippen LogP contribution in [0.4, 0.5) is 10.5 Å². The minimum Gasteiger partial charge on any atom is -0.335 e. The van der Waals surface area contributed by atoms with Crippen LogP contribution >= 0.6 is 0 Å². The second-order valence-electron chi connectivity index (χ2n) is 9.01. The Morgan fingerprint density at radius 1 is 0.946 bits per heavy atom. The lowest BCUT2D eigenvalue weighted by atomic mass is 9.98. The van der Waals surface area contributed by atoms with Gasteiger partial charge in [-0.2, -0.15) is 0 Å². The van der Waals surface area contributed by atoms with E-state index in [1.165, 1.54) is 11.1 Å². The third-order valence-corrected chi connectivity index (χ3v) is 6.15. The number of hydrogen-bond acceptors (Lipinski definition) is 3. The molecule has 4 rings (SSSR count). The Kier molecular flexibility index (Phi) is 11.6. The van der Waals surface area contributed by atoms with Crippen molar-refractivity contribution in [3.63, 3.8) is 0 Å². The van der Waals surface area contributed by atoms with Crippen LogP contribution < -0.4 is 26.5 Å². The predicted octanol–water partition coefficient (Wildman–Crippen LogP) is 4.97. The number of carbonyl (C=O) groups excluding carboxylic acids is 1. The summed E-state index contributed by atoms with van der Waals surface area (Å²) in [6.45, 7) is 6.87. The molecule has 0 saturated carbocycles. The van der Waals surface area contributed by atoms with E-state index in [0.717, 1.165) is 48.5 Å². The first-order valence-electron chi connectivity index (χ1n) is 13.4. The van der Waals surface area contributed by atoms with Crippen molar-refractivity contribution >= 4 is 23.9 Å². The summed E-state index contributed by atoms with van der Waals surface area (Å²) in [4.78, 5) is 17.1. The number of amides is 2. The van der Waals surface area contributed by atoms with Gasteiger partial charge in [0.25, 0.3) is 0 Å². The van der Waals surface area contributed by atoms with Crippen LogP contribution in [0.3, 0.4) is 0 Å². The lowest BCUT2D eigenvalue weighted by molar-refractivity contribution is 0.248. The van der Waals surface area contributed by atoms with Crippen molar-refractivity contribution < 1.29 is 4.79 Å². The summed E-state index contributed by atoms with van der Waals surface area (Å²) in [6.07, 6.45) is 13.5. The molecule has 2 amide bonds. The molecule has 1 aliphatic rings. The number of urea groups is 1. The van der Waals surface area contributed by atoms with Crippen LogP contribution in [0.25, 0.3) is 12.2 Å². The zero-order valence-electron chi connectivity index (χ0n) is 22.3. The van der Waals surface area contributed by atoms with Crippen LogP contribution in [0, 0.1) is 0 Å². The van der Waals surface area contributed by atoms with Gasteiger partial charge in [-0.15, -0.1) is 0 Å². The summed E-state index contributed by atoms with van der Waals surface area (Å²) in [5, 5.41) is 11.6. The van der Waals surface area contributed by atoms with Gasteiger partial charge in [-0.05, 0) is 56.3 Å². The van der Waals surface area contributed by atoms with E-state index in [1.54, 1.807) is 6.20 Å². The van der Waals surface area contributed by atoms with E-state index >= 15 is 0 Å². The Morgan fingerprint density at radius 3 is 2.24 bits per heavy atom. The predicted molar refractivity (Wildman–Crippen MR) is 156 cm³/mol. The molecule has 194 valence electrons. The smallest absolute Gasteiger partial charge is 0.319 e. The van der Waals surface area contributed by atoms with Crippen molar-refractivity contribution in [2.75, 3.05) is 11.9 Å². The first-order chi connectivity index (χ1) is 18.2. The van der Waals surface area contributed by atoms with Gasteiger partial charge in [0.1, 0.15) is 0 Å². The molecule has 0 bridgehead atoms. The van der Waals surface area contributed by atoms with Crippen LogP contribution in [0.2, 0.25) is 0 Å². The number of benzene rings is 2. The highest BCUT2D eigenvalue weighted by molar-refractivity contribution is 5.89. The number of nitrogens with zero attached hydrogens (tertiary/aromatic N) is 1. The topological polar surface area (TPSA) is 66.0 Å². The van der Waals surface area contributed by atoms with Gasteiger partial charge in [0.05, 0.1) is 11.0 Å². The molecule has 3 N–H and O–H groups in total. The van der Waals surface area contributed by atoms with Crippen molar-refractivity contribution in [2.45, 2.75) is 58.5 Å². The fourth-order valence-electron chi connectivity index (χ4n) is 4.33. The number of allylic oxidation sites excluding steroid dienone is 2. The van der Waals surface area contributed by atoms with E-state index in [2.05, 4.69) is 93.8 Å². The highest BCUT2D eigenvalue weighted by atomic mass is 16.2. The van der Waals surface area contributed by atoms with Crippen LogP contribution in [-0.2, 0) is 12.8 Å². The summed E-state index contributed by atoms with van der Waals surface area (Å²) in [7, 11) is 0. The quantitative estimate of drug-likeness (QED) is 0.371. The SMILES string of the molecule is CC.C[C@H](CCNC(Cc1ccccc1)Cc1ccccc1)NC(=O)Nc1ccnc2c1=CC=CCC=2. The molecule has 5 nitrogen and oxygen atoms in total. The van der Waals surface area contributed by atoms with E-state index in [4.69, 9.17) is 0 Å². The molecule has 0 unspecified atom stereocenters. The molecule has 3 aromatic rings. The number of pyridine rings is 1. The fourth-order valence-corrected chi connectivity index (χ4v) is 4.33. The Bertz CT molecular complexity index is 1200. The van der Waals surface area contributed by atoms with E-state index in [-0.39, 0.29) is 12.1 Å². The van der Waals surface area contributed by atoms with Gasteiger partial charge in [0, 0.05) is 23.5 Å². The third kappa shape index (κ3) is 9.36. The lowest BCUT2D eigenvalue weighted by Crippen LogP contribution is -2.41. The Hall–Kier alpha value is -3.70. The maximum absolute atomic E-state index is 12.7. The van der Waals surface area contributed by atoms with Crippen molar-refractivity contribution in [1.29, 1.82) is 0 Å². The molecular formula is C32H40N4O. The van der Waals surface area contributed by atoms with E-state index in [9.17, 15) is 4.79 Å². The van der Waals surface area contributed by atoms with E-state index in [1.807, 2.05) is 39.0 Å². The second-order valence-corrected chi connectivity index (χ2v) is 9.01. The molecule has 1 heterocycles. The standard InChI is InChI=1S/C30H34N4O.C2H6/c1-23(33-30(35)34-29-18-20-32-28-16-10-4-9-15-27(28)29)17-19-31-26(21-24-11-5-2-6-12-24)22-25-13-7-3-8-14-25;1-2/h2-9,11-16,18,20,23,26,31H,10,17,19,21-22H2,1H3,(H2,33,34,35);1-2H3/t23-;/m1./s1. The molecule has 0 saturated heterocycles. The van der Waals surface area contributed by atoms with E-state index < -0.39 is 0 Å². The van der Waals surface area contributed by atoms with Crippen LogP contribution in [0.5, 0.6) is 0 Å². The van der Waals surface area contributed by atoms with Crippen molar-refractivity contribution in [3.05, 3.63) is 107 Å². The molecule has 0 fully saturated rings. The average Bonchev–Trinajstić information content (AvgIpc) is 3.17. The van der Waals surface area contributed by atoms with Gasteiger partial charge in [0.15, 0.2) is 0 Å². The van der Waals surface area contributed by atoms with Gasteiger partial charge in [0.2, 0.25) is 0 Å². The Morgan fingerprint density at radius 2 is 1.59 bits per heavy atom. The number of carbonyl (C=O) groups is 1. The van der Waals surface area contributed by atoms with Gasteiger partial charge in [-0.25, -0.2) is 4.79 Å². The maximum atomic E-state index is 12.7. The van der Waals surface area contributed by atoms with Gasteiger partial charge < -0.3 is 16.0 Å². The molecular weight excluding hydrogens is 456 g/mol. The Balaban J connectivity index is 0.00000186. The number of aromatic nitrogens is 1. The minimum atomic E-state index is -0.197. The highest BCUT2D eigenvalue weighted by Gasteiger charge is 2.13. The first-order valence-corrected chi connectivity index (χ1v) is 13.4. The Labute approximate surface area is 221 Å². The molecule has 1 aromatic heterocycles. The molecule has 1 atom stereocenters. The molecule has 37 heavy (non-hydrogen) atoms. The average molecular weight is 497 g/mol. The molecule has 0 spiro atoms. The molecule has 0 aliphatic heterocycles. The maximum Gasteiger partial charge on any atom is 0.319 e. The van der Waals surface area contributed by atoms with Crippen molar-refractivity contribution in [2.24, 2.45) is 0 Å². The number of fused-ring (bicyclic) bond motifs is 1. The van der Waals surface area contributed by atoms with Crippen molar-refractivity contribution in [3.8, 4) is 0 Å². The van der Waals surface area contributed by atoms with Gasteiger partial charge in [-0.3, -0.25) is 4.98 Å². The van der Waals surface area contributed by atoms with E-state index in [0.29, 0.717) is 6.04 Å². The van der Waals surface area contributed by atoms with Crippen LogP contribution in [0.15, 0.2) is 85.1 Å². The summed E-state index contributed by atoms with van der Waals surface area (Å²) in [5.41, 5.74) is 3.42. The number of nitrogens with one attached hydrogen (secondary N) is 3. The third-order valence-electron chi connectivity index (χ3n) is 6.15. The van der Waals surface area contributed by atoms with Gasteiger partial charge >= 0.3 is 6.03 Å². The molecule has 2 aromatic carbocycles.